The molecule has 0 amide bonds. The molecule has 1 unspecified atom stereocenters. The topological polar surface area (TPSA) is 29.9 Å². The van der Waals surface area contributed by atoms with Gasteiger partial charge in [0.15, 0.2) is 0 Å². The van der Waals surface area contributed by atoms with Gasteiger partial charge in [0.2, 0.25) is 0 Å². The van der Waals surface area contributed by atoms with E-state index in [-0.39, 0.29) is 0 Å². The molecule has 1 heterocycles. The Hall–Kier alpha value is -1.09. The maximum atomic E-state index is 4.22. The Morgan fingerprint density at radius 2 is 2.43 bits per heavy atom. The van der Waals surface area contributed by atoms with Gasteiger partial charge >= 0.3 is 0 Å². The molecule has 0 aromatic carbocycles. The third-order valence-electron chi connectivity index (χ3n) is 2.54. The number of nitrogens with zero attached hydrogens (tertiary/aromatic N) is 2. The largest absolute Gasteiger partial charge is 0.314 e. The van der Waals surface area contributed by atoms with Crippen molar-refractivity contribution in [3.05, 3.63) is 23.5 Å². The molecule has 78 valence electrons. The molecular weight excluding hydrogens is 174 g/mol. The second-order valence-electron chi connectivity index (χ2n) is 3.47. The lowest BCUT2D eigenvalue weighted by Crippen LogP contribution is -2.22. The smallest absolute Gasteiger partial charge is 0.0609 e. The average Bonchev–Trinajstić information content (AvgIpc) is 2.63. The maximum Gasteiger partial charge on any atom is 0.0609 e. The lowest BCUT2D eigenvalue weighted by molar-refractivity contribution is 0.651. The van der Waals surface area contributed by atoms with Crippen LogP contribution in [0.15, 0.2) is 17.8 Å². The molecule has 3 nitrogen and oxygen atoms in total. The van der Waals surface area contributed by atoms with Gasteiger partial charge in [-0.3, -0.25) is 4.68 Å². The number of hydrogen-bond donors (Lipinski definition) is 1. The molecule has 1 N–H and O–H groups in total. The van der Waals surface area contributed by atoms with Crippen LogP contribution in [0.1, 0.15) is 26.5 Å². The van der Waals surface area contributed by atoms with Crippen molar-refractivity contribution in [3.8, 4) is 0 Å². The van der Waals surface area contributed by atoms with Crippen LogP contribution in [0.3, 0.4) is 0 Å². The Morgan fingerprint density at radius 3 is 3.00 bits per heavy atom. The SMILES string of the molecule is CCn1nccc1/C=C(/C)C(C)NC. The highest BCUT2D eigenvalue weighted by Crippen LogP contribution is 2.08. The van der Waals surface area contributed by atoms with Crippen molar-refractivity contribution in [1.29, 1.82) is 0 Å². The van der Waals surface area contributed by atoms with Gasteiger partial charge in [-0.05, 0) is 40.0 Å². The Kier molecular flexibility index (Phi) is 3.89. The Balaban J connectivity index is 2.85. The van der Waals surface area contributed by atoms with Crippen LogP contribution in [0.4, 0.5) is 0 Å². The van der Waals surface area contributed by atoms with Crippen molar-refractivity contribution in [2.24, 2.45) is 0 Å². The number of aromatic nitrogens is 2. The molecule has 3 heteroatoms. The number of likely N-dealkylation sites (N-methyl/N-ethyl adjacent to an activating group) is 1. The Bertz CT molecular complexity index is 312. The van der Waals surface area contributed by atoms with Gasteiger partial charge in [0.05, 0.1) is 5.69 Å². The first kappa shape index (κ1) is 11.0. The zero-order valence-electron chi connectivity index (χ0n) is 9.41. The van der Waals surface area contributed by atoms with Gasteiger partial charge in [-0.15, -0.1) is 0 Å². The fourth-order valence-electron chi connectivity index (χ4n) is 1.32. The van der Waals surface area contributed by atoms with Crippen LogP contribution in [0.2, 0.25) is 0 Å². The second-order valence-corrected chi connectivity index (χ2v) is 3.47. The van der Waals surface area contributed by atoms with Crippen LogP contribution in [0, 0.1) is 0 Å². The number of hydrogen-bond acceptors (Lipinski definition) is 2. The monoisotopic (exact) mass is 193 g/mol. The van der Waals surface area contributed by atoms with Crippen molar-refractivity contribution in [2.45, 2.75) is 33.4 Å². The first-order valence-electron chi connectivity index (χ1n) is 5.06. The lowest BCUT2D eigenvalue weighted by Gasteiger charge is -2.10. The van der Waals surface area contributed by atoms with E-state index < -0.39 is 0 Å². The summed E-state index contributed by atoms with van der Waals surface area (Å²) in [5.41, 5.74) is 2.50. The van der Waals surface area contributed by atoms with E-state index in [0.717, 1.165) is 6.54 Å². The van der Waals surface area contributed by atoms with Crippen LogP contribution in [0.5, 0.6) is 0 Å². The zero-order valence-corrected chi connectivity index (χ0v) is 9.41. The standard InChI is InChI=1S/C11H19N3/c1-5-14-11(6-7-13-14)8-9(2)10(3)12-4/h6-8,10,12H,5H2,1-4H3/b9-8-. The molecule has 0 aliphatic heterocycles. The first-order chi connectivity index (χ1) is 6.69. The van der Waals surface area contributed by atoms with Crippen molar-refractivity contribution >= 4 is 6.08 Å². The molecule has 0 spiro atoms. The van der Waals surface area contributed by atoms with Crippen LogP contribution < -0.4 is 5.32 Å². The van der Waals surface area contributed by atoms with E-state index in [0.29, 0.717) is 6.04 Å². The quantitative estimate of drug-likeness (QED) is 0.791. The minimum atomic E-state index is 0.412. The molecule has 0 aliphatic carbocycles. The lowest BCUT2D eigenvalue weighted by atomic mass is 10.1. The molecule has 0 saturated heterocycles. The van der Waals surface area contributed by atoms with Gasteiger partial charge in [-0.2, -0.15) is 5.10 Å². The summed E-state index contributed by atoms with van der Waals surface area (Å²) >= 11 is 0. The summed E-state index contributed by atoms with van der Waals surface area (Å²) in [6.45, 7) is 7.30. The van der Waals surface area contributed by atoms with E-state index in [4.69, 9.17) is 0 Å². The summed E-state index contributed by atoms with van der Waals surface area (Å²) in [7, 11) is 1.97. The maximum absolute atomic E-state index is 4.22. The van der Waals surface area contributed by atoms with Gasteiger partial charge in [0.1, 0.15) is 0 Å². The third kappa shape index (κ3) is 2.45. The minimum Gasteiger partial charge on any atom is -0.314 e. The van der Waals surface area contributed by atoms with Gasteiger partial charge in [0, 0.05) is 18.8 Å². The van der Waals surface area contributed by atoms with Gasteiger partial charge in [0.25, 0.3) is 0 Å². The normalized spacial score (nSPS) is 14.4. The fourth-order valence-corrected chi connectivity index (χ4v) is 1.32. The van der Waals surface area contributed by atoms with Gasteiger partial charge in [-0.1, -0.05) is 5.57 Å². The van der Waals surface area contributed by atoms with Crippen LogP contribution in [0.25, 0.3) is 6.08 Å². The molecule has 0 aliphatic rings. The zero-order chi connectivity index (χ0) is 10.6. The number of aryl methyl sites for hydroxylation is 1. The van der Waals surface area contributed by atoms with E-state index in [1.807, 2.05) is 24.0 Å². The highest BCUT2D eigenvalue weighted by atomic mass is 15.3. The third-order valence-corrected chi connectivity index (χ3v) is 2.54. The number of nitrogens with one attached hydrogen (secondary N) is 1. The van der Waals surface area contributed by atoms with Crippen LogP contribution >= 0.6 is 0 Å². The summed E-state index contributed by atoms with van der Waals surface area (Å²) < 4.78 is 1.99. The predicted octanol–water partition coefficient (Wildman–Crippen LogP) is 1.91. The van der Waals surface area contributed by atoms with E-state index in [1.54, 1.807) is 0 Å². The highest BCUT2D eigenvalue weighted by molar-refractivity contribution is 5.49. The van der Waals surface area contributed by atoms with Crippen molar-refractivity contribution < 1.29 is 0 Å². The summed E-state index contributed by atoms with van der Waals surface area (Å²) in [4.78, 5) is 0. The van der Waals surface area contributed by atoms with E-state index in [1.165, 1.54) is 11.3 Å². The Labute approximate surface area is 85.8 Å². The Morgan fingerprint density at radius 1 is 1.71 bits per heavy atom. The molecule has 1 aromatic rings. The minimum absolute atomic E-state index is 0.412. The summed E-state index contributed by atoms with van der Waals surface area (Å²) in [6, 6.07) is 2.45. The van der Waals surface area contributed by atoms with Crippen molar-refractivity contribution in [1.82, 2.24) is 15.1 Å². The fraction of sp³-hybridized carbons (Fsp3) is 0.545. The van der Waals surface area contributed by atoms with E-state index >= 15 is 0 Å². The van der Waals surface area contributed by atoms with Gasteiger partial charge < -0.3 is 5.32 Å². The molecule has 0 fully saturated rings. The summed E-state index contributed by atoms with van der Waals surface area (Å²) in [5, 5.41) is 7.44. The molecule has 1 atom stereocenters. The molecule has 14 heavy (non-hydrogen) atoms. The first-order valence-corrected chi connectivity index (χ1v) is 5.06. The average molecular weight is 193 g/mol. The summed E-state index contributed by atoms with van der Waals surface area (Å²) in [6.07, 6.45) is 4.02. The van der Waals surface area contributed by atoms with E-state index in [9.17, 15) is 0 Å². The van der Waals surface area contributed by atoms with Gasteiger partial charge in [-0.25, -0.2) is 0 Å². The van der Waals surface area contributed by atoms with Crippen molar-refractivity contribution in [2.75, 3.05) is 7.05 Å². The molecule has 1 rings (SSSR count). The molecule has 0 bridgehead atoms. The summed E-state index contributed by atoms with van der Waals surface area (Å²) in [5.74, 6) is 0. The van der Waals surface area contributed by atoms with Crippen LogP contribution in [-0.2, 0) is 6.54 Å². The van der Waals surface area contributed by atoms with Crippen LogP contribution in [-0.4, -0.2) is 22.9 Å². The van der Waals surface area contributed by atoms with E-state index in [2.05, 4.69) is 37.3 Å². The number of rotatable bonds is 4. The highest BCUT2D eigenvalue weighted by Gasteiger charge is 2.02. The predicted molar refractivity (Wildman–Crippen MR) is 60.1 cm³/mol. The molecule has 0 radical (unpaired) electrons. The molecule has 1 aromatic heterocycles. The molecule has 0 saturated carbocycles. The van der Waals surface area contributed by atoms with Crippen molar-refractivity contribution in [3.63, 3.8) is 0 Å². The molecular formula is C11H19N3. The second kappa shape index (κ2) is 4.96.